The zero-order valence-electron chi connectivity index (χ0n) is 10.2. The number of thioether (sulfide) groups is 1. The zero-order valence-corrected chi connectivity index (χ0v) is 11.0. The summed E-state index contributed by atoms with van der Waals surface area (Å²) in [6.45, 7) is 0.739. The Labute approximate surface area is 111 Å². The molecule has 2 N–H and O–H groups in total. The molecule has 1 aromatic carbocycles. The van der Waals surface area contributed by atoms with Crippen LogP contribution in [0.2, 0.25) is 0 Å². The molecule has 100 valence electrons. The van der Waals surface area contributed by atoms with E-state index in [2.05, 4.69) is 5.32 Å². The zero-order chi connectivity index (χ0) is 13.2. The molecule has 0 aliphatic rings. The molecule has 3 nitrogen and oxygen atoms in total. The number of carbonyl (C=O) groups is 1. The number of rotatable bonds is 8. The van der Waals surface area contributed by atoms with Gasteiger partial charge in [-0.1, -0.05) is 12.1 Å². The molecule has 18 heavy (non-hydrogen) atoms. The maximum absolute atomic E-state index is 13.3. The van der Waals surface area contributed by atoms with Gasteiger partial charge >= 0.3 is 0 Å². The third kappa shape index (κ3) is 6.02. The monoisotopic (exact) mass is 271 g/mol. The number of halogens is 1. The fourth-order valence-corrected chi connectivity index (χ4v) is 2.26. The first-order valence-corrected chi connectivity index (χ1v) is 6.97. The Morgan fingerprint density at radius 2 is 2.11 bits per heavy atom. The standard InChI is InChI=1S/C13H18FNO2S/c14-11-5-1-2-6-12(11)18-10-7-13(17)15-8-3-4-9-16/h1-2,5-6,16H,3-4,7-10H2,(H,15,17). The van der Waals surface area contributed by atoms with E-state index in [4.69, 9.17) is 5.11 Å². The summed E-state index contributed by atoms with van der Waals surface area (Å²) in [7, 11) is 0. The predicted octanol–water partition coefficient (Wildman–Crippen LogP) is 2.20. The van der Waals surface area contributed by atoms with Crippen molar-refractivity contribution < 1.29 is 14.3 Å². The van der Waals surface area contributed by atoms with E-state index >= 15 is 0 Å². The van der Waals surface area contributed by atoms with E-state index in [1.165, 1.54) is 17.8 Å². The third-order valence-electron chi connectivity index (χ3n) is 2.33. The van der Waals surface area contributed by atoms with Gasteiger partial charge in [-0.05, 0) is 25.0 Å². The smallest absolute Gasteiger partial charge is 0.220 e. The number of benzene rings is 1. The van der Waals surface area contributed by atoms with E-state index in [1.54, 1.807) is 18.2 Å². The number of hydrogen-bond donors (Lipinski definition) is 2. The molecule has 1 amide bonds. The minimum absolute atomic E-state index is 0.0308. The molecule has 0 unspecified atom stereocenters. The normalized spacial score (nSPS) is 10.3. The lowest BCUT2D eigenvalue weighted by atomic mass is 10.3. The van der Waals surface area contributed by atoms with Crippen molar-refractivity contribution in [1.29, 1.82) is 0 Å². The van der Waals surface area contributed by atoms with E-state index in [0.717, 1.165) is 6.42 Å². The van der Waals surface area contributed by atoms with Gasteiger partial charge in [0.1, 0.15) is 5.82 Å². The van der Waals surface area contributed by atoms with Gasteiger partial charge in [0.25, 0.3) is 0 Å². The van der Waals surface area contributed by atoms with Crippen LogP contribution in [0.4, 0.5) is 4.39 Å². The molecule has 1 aromatic rings. The molecular formula is C13H18FNO2S. The van der Waals surface area contributed by atoms with Crippen LogP contribution in [0.25, 0.3) is 0 Å². The van der Waals surface area contributed by atoms with Gasteiger partial charge in [0.2, 0.25) is 5.91 Å². The van der Waals surface area contributed by atoms with Crippen molar-refractivity contribution in [1.82, 2.24) is 5.32 Å². The molecule has 1 rings (SSSR count). The van der Waals surface area contributed by atoms with E-state index in [-0.39, 0.29) is 18.3 Å². The van der Waals surface area contributed by atoms with E-state index < -0.39 is 0 Å². The molecular weight excluding hydrogens is 253 g/mol. The number of aliphatic hydroxyl groups is 1. The molecule has 0 aliphatic heterocycles. The summed E-state index contributed by atoms with van der Waals surface area (Å²) in [5.74, 6) is 0.287. The largest absolute Gasteiger partial charge is 0.396 e. The summed E-state index contributed by atoms with van der Waals surface area (Å²) in [4.78, 5) is 12.0. The van der Waals surface area contributed by atoms with Gasteiger partial charge in [-0.25, -0.2) is 4.39 Å². The van der Waals surface area contributed by atoms with Gasteiger partial charge in [-0.2, -0.15) is 0 Å². The van der Waals surface area contributed by atoms with Gasteiger partial charge in [0.05, 0.1) is 0 Å². The van der Waals surface area contributed by atoms with Gasteiger partial charge in [0.15, 0.2) is 0 Å². The first-order chi connectivity index (χ1) is 8.74. The minimum Gasteiger partial charge on any atom is -0.396 e. The van der Waals surface area contributed by atoms with Crippen molar-refractivity contribution in [2.24, 2.45) is 0 Å². The number of nitrogens with one attached hydrogen (secondary N) is 1. The van der Waals surface area contributed by atoms with Crippen LogP contribution in [-0.2, 0) is 4.79 Å². The molecule has 0 atom stereocenters. The highest BCUT2D eigenvalue weighted by Gasteiger charge is 2.04. The van der Waals surface area contributed by atoms with Crippen molar-refractivity contribution in [3.8, 4) is 0 Å². The van der Waals surface area contributed by atoms with Gasteiger partial charge < -0.3 is 10.4 Å². The Morgan fingerprint density at radius 1 is 1.33 bits per heavy atom. The minimum atomic E-state index is -0.245. The van der Waals surface area contributed by atoms with Crippen LogP contribution in [0.1, 0.15) is 19.3 Å². The molecule has 0 bridgehead atoms. The summed E-state index contributed by atoms with van der Waals surface area (Å²) < 4.78 is 13.3. The Bertz CT molecular complexity index is 374. The summed E-state index contributed by atoms with van der Waals surface area (Å²) in [5, 5.41) is 11.3. The first-order valence-electron chi connectivity index (χ1n) is 5.99. The van der Waals surface area contributed by atoms with E-state index in [1.807, 2.05) is 0 Å². The van der Waals surface area contributed by atoms with Crippen LogP contribution in [0.3, 0.4) is 0 Å². The lowest BCUT2D eigenvalue weighted by Crippen LogP contribution is -2.24. The summed E-state index contributed by atoms with van der Waals surface area (Å²) in [6.07, 6.45) is 1.85. The molecule has 0 fully saturated rings. The molecule has 0 aliphatic carbocycles. The molecule has 0 heterocycles. The molecule has 0 spiro atoms. The van der Waals surface area contributed by atoms with Crippen molar-refractivity contribution in [2.45, 2.75) is 24.2 Å². The summed E-state index contributed by atoms with van der Waals surface area (Å²) >= 11 is 1.34. The van der Waals surface area contributed by atoms with Crippen LogP contribution < -0.4 is 5.32 Å². The van der Waals surface area contributed by atoms with Crippen LogP contribution in [0.5, 0.6) is 0 Å². The Morgan fingerprint density at radius 3 is 2.83 bits per heavy atom. The topological polar surface area (TPSA) is 49.3 Å². The summed E-state index contributed by atoms with van der Waals surface area (Å²) in [5.41, 5.74) is 0. The maximum Gasteiger partial charge on any atom is 0.220 e. The number of hydrogen-bond acceptors (Lipinski definition) is 3. The van der Waals surface area contributed by atoms with Crippen LogP contribution in [0, 0.1) is 5.82 Å². The number of carbonyl (C=O) groups excluding carboxylic acids is 1. The molecule has 0 saturated heterocycles. The fourth-order valence-electron chi connectivity index (χ4n) is 1.37. The van der Waals surface area contributed by atoms with Crippen molar-refractivity contribution in [2.75, 3.05) is 18.9 Å². The van der Waals surface area contributed by atoms with Gasteiger partial charge in [0, 0.05) is 30.2 Å². The van der Waals surface area contributed by atoms with E-state index in [0.29, 0.717) is 30.0 Å². The average molecular weight is 271 g/mol. The molecule has 5 heteroatoms. The van der Waals surface area contributed by atoms with Gasteiger partial charge in [-0.15, -0.1) is 11.8 Å². The lowest BCUT2D eigenvalue weighted by molar-refractivity contribution is -0.120. The molecule has 0 saturated carbocycles. The molecule has 0 radical (unpaired) electrons. The van der Waals surface area contributed by atoms with Gasteiger partial charge in [-0.3, -0.25) is 4.79 Å². The second-order valence-electron chi connectivity index (χ2n) is 3.81. The SMILES string of the molecule is O=C(CCSc1ccccc1F)NCCCCO. The highest BCUT2D eigenvalue weighted by molar-refractivity contribution is 7.99. The Kier molecular flexibility index (Phi) is 7.44. The Balaban J connectivity index is 2.14. The second kappa shape index (κ2) is 8.94. The van der Waals surface area contributed by atoms with Crippen LogP contribution >= 0.6 is 11.8 Å². The lowest BCUT2D eigenvalue weighted by Gasteiger charge is -2.05. The fraction of sp³-hybridized carbons (Fsp3) is 0.462. The van der Waals surface area contributed by atoms with Crippen LogP contribution in [0.15, 0.2) is 29.2 Å². The third-order valence-corrected chi connectivity index (χ3v) is 3.38. The van der Waals surface area contributed by atoms with Crippen LogP contribution in [-0.4, -0.2) is 29.9 Å². The Hall–Kier alpha value is -1.07. The van der Waals surface area contributed by atoms with Crippen molar-refractivity contribution in [3.63, 3.8) is 0 Å². The van der Waals surface area contributed by atoms with Crippen molar-refractivity contribution >= 4 is 17.7 Å². The quantitative estimate of drug-likeness (QED) is 0.563. The molecule has 0 aromatic heterocycles. The van der Waals surface area contributed by atoms with E-state index in [9.17, 15) is 9.18 Å². The summed E-state index contributed by atoms with van der Waals surface area (Å²) in [6, 6.07) is 6.55. The number of aliphatic hydroxyl groups excluding tert-OH is 1. The highest BCUT2D eigenvalue weighted by Crippen LogP contribution is 2.21. The number of amides is 1. The number of unbranched alkanes of at least 4 members (excludes halogenated alkanes) is 1. The predicted molar refractivity (Wildman–Crippen MR) is 71.1 cm³/mol. The first kappa shape index (κ1) is 15.0. The highest BCUT2D eigenvalue weighted by atomic mass is 32.2. The van der Waals surface area contributed by atoms with Crippen molar-refractivity contribution in [3.05, 3.63) is 30.1 Å². The average Bonchev–Trinajstić information content (AvgIpc) is 2.37. The maximum atomic E-state index is 13.3. The second-order valence-corrected chi connectivity index (χ2v) is 4.95.